The van der Waals surface area contributed by atoms with Gasteiger partial charge in [-0.3, -0.25) is 9.69 Å². The van der Waals surface area contributed by atoms with Gasteiger partial charge in [0, 0.05) is 18.7 Å². The smallest absolute Gasteiger partial charge is 0.228 e. The molecule has 68 valence electrons. The Balaban J connectivity index is 2.29. The fraction of sp³-hybridized carbons (Fsp3) is 0.400. The van der Waals surface area contributed by atoms with Crippen molar-refractivity contribution in [3.05, 3.63) is 23.9 Å². The highest BCUT2D eigenvalue weighted by Gasteiger charge is 2.22. The minimum Gasteiger partial charge on any atom is -0.297 e. The summed E-state index contributed by atoms with van der Waals surface area (Å²) >= 11 is 0. The number of rotatable bonds is 1. The minimum atomic E-state index is 0.193. The van der Waals surface area contributed by atoms with E-state index in [2.05, 4.69) is 4.98 Å². The summed E-state index contributed by atoms with van der Waals surface area (Å²) in [6, 6.07) is 5.75. The number of pyridine rings is 1. The molecule has 2 rings (SSSR count). The van der Waals surface area contributed by atoms with E-state index in [0.29, 0.717) is 6.42 Å². The summed E-state index contributed by atoms with van der Waals surface area (Å²) in [5.41, 5.74) is 0.956. The molecule has 0 spiro atoms. The zero-order valence-corrected chi connectivity index (χ0v) is 7.66. The van der Waals surface area contributed by atoms with E-state index in [-0.39, 0.29) is 5.91 Å². The Morgan fingerprint density at radius 3 is 2.92 bits per heavy atom. The molecule has 0 atom stereocenters. The van der Waals surface area contributed by atoms with Crippen molar-refractivity contribution in [3.63, 3.8) is 0 Å². The zero-order valence-electron chi connectivity index (χ0n) is 7.66. The Kier molecular flexibility index (Phi) is 2.00. The Morgan fingerprint density at radius 1 is 1.46 bits per heavy atom. The summed E-state index contributed by atoms with van der Waals surface area (Å²) in [5, 5.41) is 0. The summed E-state index contributed by atoms with van der Waals surface area (Å²) in [5.74, 6) is 0.987. The lowest BCUT2D eigenvalue weighted by molar-refractivity contribution is -0.117. The number of hydrogen-bond donors (Lipinski definition) is 0. The summed E-state index contributed by atoms with van der Waals surface area (Å²) in [7, 11) is 0. The second-order valence-corrected chi connectivity index (χ2v) is 3.29. The maximum atomic E-state index is 11.4. The average Bonchev–Trinajstić information content (AvgIpc) is 2.51. The molecular formula is C10H12N2O. The van der Waals surface area contributed by atoms with Crippen LogP contribution in [0.5, 0.6) is 0 Å². The van der Waals surface area contributed by atoms with E-state index in [1.165, 1.54) is 0 Å². The number of hydrogen-bond acceptors (Lipinski definition) is 2. The molecule has 1 aromatic heterocycles. The molecule has 1 aliphatic rings. The summed E-state index contributed by atoms with van der Waals surface area (Å²) < 4.78 is 0. The van der Waals surface area contributed by atoms with Gasteiger partial charge in [-0.15, -0.1) is 0 Å². The zero-order chi connectivity index (χ0) is 9.26. The monoisotopic (exact) mass is 176 g/mol. The highest BCUT2D eigenvalue weighted by molar-refractivity contribution is 5.94. The van der Waals surface area contributed by atoms with E-state index in [1.807, 2.05) is 25.1 Å². The molecule has 3 nitrogen and oxygen atoms in total. The van der Waals surface area contributed by atoms with Gasteiger partial charge in [-0.1, -0.05) is 6.07 Å². The normalized spacial score (nSPS) is 16.7. The number of amides is 1. The molecule has 2 heterocycles. The van der Waals surface area contributed by atoms with Crippen molar-refractivity contribution in [3.8, 4) is 0 Å². The second kappa shape index (κ2) is 3.17. The van der Waals surface area contributed by atoms with Crippen molar-refractivity contribution >= 4 is 11.7 Å². The van der Waals surface area contributed by atoms with Crippen LogP contribution in [0.1, 0.15) is 18.5 Å². The van der Waals surface area contributed by atoms with Crippen LogP contribution in [-0.2, 0) is 4.79 Å². The number of aromatic nitrogens is 1. The minimum absolute atomic E-state index is 0.193. The molecule has 0 aliphatic carbocycles. The molecule has 0 radical (unpaired) electrons. The number of anilines is 1. The van der Waals surface area contributed by atoms with Gasteiger partial charge in [0.1, 0.15) is 5.82 Å². The van der Waals surface area contributed by atoms with Gasteiger partial charge in [-0.05, 0) is 25.5 Å². The molecule has 1 saturated heterocycles. The van der Waals surface area contributed by atoms with Crippen LogP contribution in [-0.4, -0.2) is 17.4 Å². The quantitative estimate of drug-likeness (QED) is 0.650. The lowest BCUT2D eigenvalue weighted by atomic mass is 10.3. The summed E-state index contributed by atoms with van der Waals surface area (Å²) in [4.78, 5) is 17.4. The van der Waals surface area contributed by atoms with Crippen LogP contribution in [0.3, 0.4) is 0 Å². The highest BCUT2D eigenvalue weighted by Crippen LogP contribution is 2.18. The molecule has 3 heteroatoms. The number of carbonyl (C=O) groups is 1. The molecule has 1 fully saturated rings. The molecule has 1 aliphatic heterocycles. The third-order valence-corrected chi connectivity index (χ3v) is 2.22. The van der Waals surface area contributed by atoms with Gasteiger partial charge in [-0.25, -0.2) is 4.98 Å². The molecule has 0 bridgehead atoms. The molecule has 0 N–H and O–H groups in total. The SMILES string of the molecule is Cc1cccc(N2CCCC2=O)n1. The van der Waals surface area contributed by atoms with Crippen LogP contribution >= 0.6 is 0 Å². The Hall–Kier alpha value is -1.38. The number of carbonyl (C=O) groups excluding carboxylic acids is 1. The van der Waals surface area contributed by atoms with Crippen LogP contribution in [0.25, 0.3) is 0 Å². The van der Waals surface area contributed by atoms with Gasteiger partial charge >= 0.3 is 0 Å². The van der Waals surface area contributed by atoms with Gasteiger partial charge in [0.15, 0.2) is 0 Å². The van der Waals surface area contributed by atoms with E-state index in [4.69, 9.17) is 0 Å². The molecule has 0 saturated carbocycles. The first-order chi connectivity index (χ1) is 6.27. The number of nitrogens with zero attached hydrogens (tertiary/aromatic N) is 2. The first-order valence-electron chi connectivity index (χ1n) is 4.51. The largest absolute Gasteiger partial charge is 0.297 e. The van der Waals surface area contributed by atoms with E-state index < -0.39 is 0 Å². The standard InChI is InChI=1S/C10H12N2O/c1-8-4-2-5-9(11-8)12-7-3-6-10(12)13/h2,4-5H,3,6-7H2,1H3. The van der Waals surface area contributed by atoms with Gasteiger partial charge in [0.05, 0.1) is 0 Å². The van der Waals surface area contributed by atoms with Gasteiger partial charge in [-0.2, -0.15) is 0 Å². The van der Waals surface area contributed by atoms with Crippen molar-refractivity contribution in [1.29, 1.82) is 0 Å². The molecular weight excluding hydrogens is 164 g/mol. The van der Waals surface area contributed by atoms with E-state index in [1.54, 1.807) is 4.90 Å². The fourth-order valence-electron chi connectivity index (χ4n) is 1.57. The lowest BCUT2D eigenvalue weighted by Gasteiger charge is -2.14. The van der Waals surface area contributed by atoms with Crippen LogP contribution in [0.2, 0.25) is 0 Å². The van der Waals surface area contributed by atoms with Crippen molar-refractivity contribution in [2.75, 3.05) is 11.4 Å². The summed E-state index contributed by atoms with van der Waals surface area (Å²) in [6.45, 7) is 2.75. The maximum Gasteiger partial charge on any atom is 0.228 e. The Labute approximate surface area is 77.4 Å². The van der Waals surface area contributed by atoms with Gasteiger partial charge in [0.25, 0.3) is 0 Å². The molecule has 0 unspecified atom stereocenters. The van der Waals surface area contributed by atoms with Crippen LogP contribution in [0.4, 0.5) is 5.82 Å². The third kappa shape index (κ3) is 1.54. The number of aryl methyl sites for hydroxylation is 1. The van der Waals surface area contributed by atoms with E-state index in [0.717, 1.165) is 24.5 Å². The Morgan fingerprint density at radius 2 is 2.31 bits per heavy atom. The van der Waals surface area contributed by atoms with Gasteiger partial charge in [0.2, 0.25) is 5.91 Å². The van der Waals surface area contributed by atoms with Crippen LogP contribution in [0, 0.1) is 6.92 Å². The van der Waals surface area contributed by atoms with E-state index >= 15 is 0 Å². The van der Waals surface area contributed by atoms with Crippen LogP contribution in [0.15, 0.2) is 18.2 Å². The van der Waals surface area contributed by atoms with Crippen molar-refractivity contribution in [2.45, 2.75) is 19.8 Å². The Bertz CT molecular complexity index is 335. The second-order valence-electron chi connectivity index (χ2n) is 3.29. The van der Waals surface area contributed by atoms with Crippen molar-refractivity contribution in [1.82, 2.24) is 4.98 Å². The summed E-state index contributed by atoms with van der Waals surface area (Å²) in [6.07, 6.45) is 1.62. The van der Waals surface area contributed by atoms with Crippen molar-refractivity contribution in [2.24, 2.45) is 0 Å². The van der Waals surface area contributed by atoms with Crippen LogP contribution < -0.4 is 4.90 Å². The predicted molar refractivity (Wildman–Crippen MR) is 50.6 cm³/mol. The first kappa shape index (κ1) is 8.23. The average molecular weight is 176 g/mol. The lowest BCUT2D eigenvalue weighted by Crippen LogP contribution is -2.24. The molecule has 13 heavy (non-hydrogen) atoms. The topological polar surface area (TPSA) is 33.2 Å². The maximum absolute atomic E-state index is 11.4. The molecule has 1 amide bonds. The van der Waals surface area contributed by atoms with Crippen molar-refractivity contribution < 1.29 is 4.79 Å². The van der Waals surface area contributed by atoms with Gasteiger partial charge < -0.3 is 0 Å². The third-order valence-electron chi connectivity index (χ3n) is 2.22. The van der Waals surface area contributed by atoms with E-state index in [9.17, 15) is 4.79 Å². The molecule has 1 aromatic rings. The predicted octanol–water partition coefficient (Wildman–Crippen LogP) is 1.52. The molecule has 0 aromatic carbocycles. The first-order valence-corrected chi connectivity index (χ1v) is 4.51. The highest BCUT2D eigenvalue weighted by atomic mass is 16.2. The fourth-order valence-corrected chi connectivity index (χ4v) is 1.57.